The number of carbonyl (C=O) groups excluding carboxylic acids is 1. The molecule has 0 bridgehead atoms. The molecule has 2 aromatic carbocycles. The lowest BCUT2D eigenvalue weighted by molar-refractivity contribution is -0.0551. The molecule has 108 valence electrons. The summed E-state index contributed by atoms with van der Waals surface area (Å²) >= 11 is 0. The first-order valence-electron chi connectivity index (χ1n) is 7.30. The summed E-state index contributed by atoms with van der Waals surface area (Å²) in [6, 6.07) is 19.6. The molecule has 2 atom stereocenters. The maximum Gasteiger partial charge on any atom is 0.254 e. The third kappa shape index (κ3) is 2.83. The number of morpholine rings is 1. The van der Waals surface area contributed by atoms with Gasteiger partial charge in [-0.3, -0.25) is 4.79 Å². The van der Waals surface area contributed by atoms with Crippen molar-refractivity contribution in [3.8, 4) is 0 Å². The summed E-state index contributed by atoms with van der Waals surface area (Å²) in [5.41, 5.74) is 1.86. The van der Waals surface area contributed by atoms with Gasteiger partial charge in [-0.1, -0.05) is 48.5 Å². The molecule has 1 saturated heterocycles. The van der Waals surface area contributed by atoms with Gasteiger partial charge in [-0.2, -0.15) is 0 Å². The molecular weight excluding hydrogens is 262 g/mol. The molecule has 2 aromatic rings. The largest absolute Gasteiger partial charge is 0.370 e. The standard InChI is InChI=1S/C18H19NO2/c1-14-17(15-8-4-2-5-9-15)21-13-12-19(14)18(20)16-10-6-3-7-11-16/h2-11,14,17H,12-13H2,1H3. The maximum atomic E-state index is 12.7. The molecule has 0 N–H and O–H groups in total. The van der Waals surface area contributed by atoms with E-state index >= 15 is 0 Å². The molecule has 0 saturated carbocycles. The Hall–Kier alpha value is -2.13. The Bertz CT molecular complexity index is 597. The molecule has 0 aliphatic carbocycles. The Kier molecular flexibility index (Phi) is 4.02. The zero-order chi connectivity index (χ0) is 14.7. The highest BCUT2D eigenvalue weighted by Gasteiger charge is 2.33. The van der Waals surface area contributed by atoms with Crippen LogP contribution in [0.4, 0.5) is 0 Å². The number of ether oxygens (including phenoxy) is 1. The van der Waals surface area contributed by atoms with Crippen molar-refractivity contribution in [1.82, 2.24) is 4.90 Å². The molecule has 2 unspecified atom stereocenters. The van der Waals surface area contributed by atoms with Gasteiger partial charge in [-0.15, -0.1) is 0 Å². The topological polar surface area (TPSA) is 29.5 Å². The van der Waals surface area contributed by atoms with E-state index < -0.39 is 0 Å². The number of hydrogen-bond donors (Lipinski definition) is 0. The molecule has 1 aliphatic rings. The first-order valence-corrected chi connectivity index (χ1v) is 7.30. The van der Waals surface area contributed by atoms with Crippen molar-refractivity contribution in [2.45, 2.75) is 19.1 Å². The highest BCUT2D eigenvalue weighted by molar-refractivity contribution is 5.94. The van der Waals surface area contributed by atoms with Crippen molar-refractivity contribution in [3.63, 3.8) is 0 Å². The molecule has 1 fully saturated rings. The van der Waals surface area contributed by atoms with Gasteiger partial charge in [0.05, 0.1) is 12.6 Å². The van der Waals surface area contributed by atoms with Gasteiger partial charge < -0.3 is 9.64 Å². The van der Waals surface area contributed by atoms with E-state index in [0.29, 0.717) is 13.2 Å². The molecule has 0 aromatic heterocycles. The van der Waals surface area contributed by atoms with Gasteiger partial charge in [-0.25, -0.2) is 0 Å². The predicted molar refractivity (Wildman–Crippen MR) is 82.1 cm³/mol. The van der Waals surface area contributed by atoms with Crippen LogP contribution in [-0.4, -0.2) is 30.0 Å². The summed E-state index contributed by atoms with van der Waals surface area (Å²) < 4.78 is 5.90. The van der Waals surface area contributed by atoms with Crippen LogP contribution in [0.2, 0.25) is 0 Å². The van der Waals surface area contributed by atoms with Crippen LogP contribution in [-0.2, 0) is 4.74 Å². The summed E-state index contributed by atoms with van der Waals surface area (Å²) in [6.07, 6.45) is -0.0624. The van der Waals surface area contributed by atoms with Crippen LogP contribution in [0.5, 0.6) is 0 Å². The third-order valence-electron chi connectivity index (χ3n) is 3.97. The average Bonchev–Trinajstić information content (AvgIpc) is 2.56. The zero-order valence-electron chi connectivity index (χ0n) is 12.1. The lowest BCUT2D eigenvalue weighted by Crippen LogP contribution is -2.48. The van der Waals surface area contributed by atoms with Crippen LogP contribution in [0.15, 0.2) is 60.7 Å². The van der Waals surface area contributed by atoms with Gasteiger partial charge in [0.25, 0.3) is 5.91 Å². The maximum absolute atomic E-state index is 12.7. The fourth-order valence-corrected chi connectivity index (χ4v) is 2.83. The number of carbonyl (C=O) groups is 1. The van der Waals surface area contributed by atoms with Gasteiger partial charge in [0, 0.05) is 12.1 Å². The second kappa shape index (κ2) is 6.10. The quantitative estimate of drug-likeness (QED) is 0.845. The van der Waals surface area contributed by atoms with Crippen molar-refractivity contribution in [1.29, 1.82) is 0 Å². The molecular formula is C18H19NO2. The second-order valence-corrected chi connectivity index (χ2v) is 5.31. The number of hydrogen-bond acceptors (Lipinski definition) is 2. The fraction of sp³-hybridized carbons (Fsp3) is 0.278. The molecule has 0 radical (unpaired) electrons. The smallest absolute Gasteiger partial charge is 0.254 e. The molecule has 1 heterocycles. The Morgan fingerprint density at radius 1 is 1.05 bits per heavy atom. The van der Waals surface area contributed by atoms with Gasteiger partial charge >= 0.3 is 0 Å². The first kappa shape index (κ1) is 13.8. The van der Waals surface area contributed by atoms with Crippen molar-refractivity contribution in [2.24, 2.45) is 0 Å². The zero-order valence-corrected chi connectivity index (χ0v) is 12.1. The van der Waals surface area contributed by atoms with Crippen LogP contribution in [0, 0.1) is 0 Å². The lowest BCUT2D eigenvalue weighted by atomic mass is 10.00. The van der Waals surface area contributed by atoms with E-state index in [4.69, 9.17) is 4.74 Å². The SMILES string of the molecule is CC1C(c2ccccc2)OCCN1C(=O)c1ccccc1. The van der Waals surface area contributed by atoms with Gasteiger partial charge in [0.1, 0.15) is 6.10 Å². The Balaban J connectivity index is 1.82. The number of benzene rings is 2. The summed E-state index contributed by atoms with van der Waals surface area (Å²) in [4.78, 5) is 14.6. The van der Waals surface area contributed by atoms with Crippen LogP contribution >= 0.6 is 0 Å². The lowest BCUT2D eigenvalue weighted by Gasteiger charge is -2.39. The Morgan fingerprint density at radius 3 is 2.33 bits per heavy atom. The third-order valence-corrected chi connectivity index (χ3v) is 3.97. The van der Waals surface area contributed by atoms with Crippen LogP contribution in [0.3, 0.4) is 0 Å². The summed E-state index contributed by atoms with van der Waals surface area (Å²) in [5, 5.41) is 0. The van der Waals surface area contributed by atoms with E-state index in [2.05, 4.69) is 19.1 Å². The molecule has 3 rings (SSSR count). The number of rotatable bonds is 2. The van der Waals surface area contributed by atoms with E-state index in [-0.39, 0.29) is 18.1 Å². The predicted octanol–water partition coefficient (Wildman–Crippen LogP) is 3.29. The van der Waals surface area contributed by atoms with Gasteiger partial charge in [0.2, 0.25) is 0 Å². The van der Waals surface area contributed by atoms with E-state index in [1.54, 1.807) is 0 Å². The number of nitrogens with zero attached hydrogens (tertiary/aromatic N) is 1. The van der Waals surface area contributed by atoms with Crippen LogP contribution in [0.25, 0.3) is 0 Å². The van der Waals surface area contributed by atoms with Gasteiger partial charge in [-0.05, 0) is 24.6 Å². The average molecular weight is 281 g/mol. The van der Waals surface area contributed by atoms with Crippen molar-refractivity contribution >= 4 is 5.91 Å². The minimum absolute atomic E-state index is 0.0221. The molecule has 1 aliphatic heterocycles. The van der Waals surface area contributed by atoms with Crippen molar-refractivity contribution in [3.05, 3.63) is 71.8 Å². The molecule has 3 nitrogen and oxygen atoms in total. The molecule has 21 heavy (non-hydrogen) atoms. The highest BCUT2D eigenvalue weighted by Crippen LogP contribution is 2.29. The van der Waals surface area contributed by atoms with Gasteiger partial charge in [0.15, 0.2) is 0 Å². The van der Waals surface area contributed by atoms with E-state index in [1.165, 1.54) is 0 Å². The minimum Gasteiger partial charge on any atom is -0.370 e. The van der Waals surface area contributed by atoms with Crippen LogP contribution in [0.1, 0.15) is 28.9 Å². The fourth-order valence-electron chi connectivity index (χ4n) is 2.83. The number of amides is 1. The van der Waals surface area contributed by atoms with Crippen molar-refractivity contribution in [2.75, 3.05) is 13.2 Å². The Morgan fingerprint density at radius 2 is 1.67 bits per heavy atom. The van der Waals surface area contributed by atoms with Crippen molar-refractivity contribution < 1.29 is 9.53 Å². The normalized spacial score (nSPS) is 22.0. The monoisotopic (exact) mass is 281 g/mol. The van der Waals surface area contributed by atoms with E-state index in [9.17, 15) is 4.79 Å². The second-order valence-electron chi connectivity index (χ2n) is 5.31. The summed E-state index contributed by atoms with van der Waals surface area (Å²) in [6.45, 7) is 3.26. The summed E-state index contributed by atoms with van der Waals surface area (Å²) in [5.74, 6) is 0.0762. The Labute approximate surface area is 125 Å². The minimum atomic E-state index is -0.0624. The van der Waals surface area contributed by atoms with E-state index in [0.717, 1.165) is 11.1 Å². The molecule has 3 heteroatoms. The van der Waals surface area contributed by atoms with E-state index in [1.807, 2.05) is 53.4 Å². The van der Waals surface area contributed by atoms with Crippen LogP contribution < -0.4 is 0 Å². The summed E-state index contributed by atoms with van der Waals surface area (Å²) in [7, 11) is 0. The molecule has 0 spiro atoms. The molecule has 1 amide bonds. The highest BCUT2D eigenvalue weighted by atomic mass is 16.5. The first-order chi connectivity index (χ1) is 10.3.